The van der Waals surface area contributed by atoms with E-state index in [1.807, 2.05) is 0 Å². The maximum atomic E-state index is 12.5. The van der Waals surface area contributed by atoms with Gasteiger partial charge in [0.2, 0.25) is 5.91 Å². The van der Waals surface area contributed by atoms with E-state index < -0.39 is 36.9 Å². The van der Waals surface area contributed by atoms with E-state index in [0.29, 0.717) is 19.3 Å². The van der Waals surface area contributed by atoms with Gasteiger partial charge in [0, 0.05) is 0 Å². The molecule has 356 valence electrons. The lowest BCUT2D eigenvalue weighted by Gasteiger charge is -2.27. The van der Waals surface area contributed by atoms with E-state index in [1.165, 1.54) is 212 Å². The van der Waals surface area contributed by atoms with E-state index in [0.717, 1.165) is 38.5 Å². The molecule has 60 heavy (non-hydrogen) atoms. The van der Waals surface area contributed by atoms with Crippen molar-refractivity contribution in [3.8, 4) is 0 Å². The molecule has 0 fully saturated rings. The third-order valence-corrected chi connectivity index (χ3v) is 12.6. The number of aliphatic hydroxyl groups is 4. The molecule has 0 aliphatic rings. The van der Waals surface area contributed by atoms with Gasteiger partial charge in [-0.3, -0.25) is 4.79 Å². The number of carbonyl (C=O) groups excluding carboxylic acids is 1. The van der Waals surface area contributed by atoms with Crippen LogP contribution in [-0.2, 0) is 4.79 Å². The first-order valence-electron chi connectivity index (χ1n) is 26.7. The number of aliphatic hydroxyl groups excluding tert-OH is 4. The van der Waals surface area contributed by atoms with Crippen LogP contribution >= 0.6 is 0 Å². The van der Waals surface area contributed by atoms with E-state index in [1.54, 1.807) is 0 Å². The van der Waals surface area contributed by atoms with E-state index in [9.17, 15) is 25.2 Å². The van der Waals surface area contributed by atoms with Crippen LogP contribution in [0.2, 0.25) is 0 Å². The van der Waals surface area contributed by atoms with E-state index in [2.05, 4.69) is 43.5 Å². The highest BCUT2D eigenvalue weighted by atomic mass is 16.3. The van der Waals surface area contributed by atoms with Gasteiger partial charge in [0.05, 0.1) is 18.8 Å². The van der Waals surface area contributed by atoms with Crippen molar-refractivity contribution in [1.82, 2.24) is 5.32 Å². The molecule has 4 unspecified atom stereocenters. The summed E-state index contributed by atoms with van der Waals surface area (Å²) < 4.78 is 0. The molecule has 0 aromatic rings. The fraction of sp³-hybridized carbons (Fsp3) is 0.907. The molecule has 0 saturated carbocycles. The Morgan fingerprint density at radius 2 is 0.700 bits per heavy atom. The molecule has 5 N–H and O–H groups in total. The lowest BCUT2D eigenvalue weighted by atomic mass is 10.00. The van der Waals surface area contributed by atoms with Crippen LogP contribution in [0.15, 0.2) is 24.3 Å². The summed E-state index contributed by atoms with van der Waals surface area (Å²) in [7, 11) is 0. The van der Waals surface area contributed by atoms with Gasteiger partial charge in [-0.2, -0.15) is 0 Å². The molecule has 0 aromatic carbocycles. The molecule has 0 aliphatic carbocycles. The van der Waals surface area contributed by atoms with Crippen LogP contribution in [0.25, 0.3) is 0 Å². The van der Waals surface area contributed by atoms with Crippen LogP contribution in [0.5, 0.6) is 0 Å². The second-order valence-electron chi connectivity index (χ2n) is 18.6. The Kier molecular flexibility index (Phi) is 47.8. The molecule has 0 heterocycles. The third-order valence-electron chi connectivity index (χ3n) is 12.6. The number of unbranched alkanes of at least 4 members (excludes halogenated alkanes) is 36. The van der Waals surface area contributed by atoms with Gasteiger partial charge >= 0.3 is 0 Å². The molecule has 6 nitrogen and oxygen atoms in total. The summed E-state index contributed by atoms with van der Waals surface area (Å²) in [4.78, 5) is 12.5. The Balaban J connectivity index is 3.63. The zero-order chi connectivity index (χ0) is 43.8. The van der Waals surface area contributed by atoms with Gasteiger partial charge in [0.25, 0.3) is 0 Å². The van der Waals surface area contributed by atoms with Gasteiger partial charge in [-0.25, -0.2) is 0 Å². The van der Waals surface area contributed by atoms with Crippen molar-refractivity contribution in [2.45, 2.75) is 308 Å². The number of amides is 1. The second kappa shape index (κ2) is 48.8. The first-order valence-corrected chi connectivity index (χ1v) is 26.7. The summed E-state index contributed by atoms with van der Waals surface area (Å²) in [6, 6.07) is -1.01. The lowest BCUT2D eigenvalue weighted by molar-refractivity contribution is -0.132. The molecular weight excluding hydrogens is 743 g/mol. The first kappa shape index (κ1) is 58.8. The van der Waals surface area contributed by atoms with Gasteiger partial charge in [0.15, 0.2) is 0 Å². The van der Waals surface area contributed by atoms with Crippen molar-refractivity contribution < 1.29 is 25.2 Å². The van der Waals surface area contributed by atoms with Crippen molar-refractivity contribution >= 4 is 5.91 Å². The minimum absolute atomic E-state index is 0.363. The van der Waals surface area contributed by atoms with Crippen LogP contribution in [0.1, 0.15) is 284 Å². The van der Waals surface area contributed by atoms with Crippen molar-refractivity contribution in [2.24, 2.45) is 0 Å². The summed E-state index contributed by atoms with van der Waals surface area (Å²) in [6.45, 7) is 4.05. The maximum absolute atomic E-state index is 12.5. The molecule has 4 atom stereocenters. The van der Waals surface area contributed by atoms with E-state index in [-0.39, 0.29) is 0 Å². The number of carbonyl (C=O) groups is 1. The van der Waals surface area contributed by atoms with Crippen LogP contribution in [0.4, 0.5) is 0 Å². The smallest absolute Gasteiger partial charge is 0.249 e. The summed E-state index contributed by atoms with van der Waals surface area (Å²) in [6.07, 6.45) is 58.3. The highest BCUT2D eigenvalue weighted by molar-refractivity contribution is 5.80. The number of hydrogen-bond donors (Lipinski definition) is 5. The SMILES string of the molecule is CCCCCCCCCCCCCCCCCCCCCCCC/C=C/CC/C=C/CCCC(O)C(O)C(CO)NC(=O)C(O)CCCCCCCCCCCCCCC. The average Bonchev–Trinajstić information content (AvgIpc) is 3.25. The Labute approximate surface area is 374 Å². The largest absolute Gasteiger partial charge is 0.394 e. The summed E-state index contributed by atoms with van der Waals surface area (Å²) >= 11 is 0. The highest BCUT2D eigenvalue weighted by Gasteiger charge is 2.28. The number of hydrogen-bond acceptors (Lipinski definition) is 5. The molecular formula is C54H105NO5. The predicted octanol–water partition coefficient (Wildman–Crippen LogP) is 15.1. The number of allylic oxidation sites excluding steroid dienone is 4. The van der Waals surface area contributed by atoms with Crippen LogP contribution in [0, 0.1) is 0 Å². The lowest BCUT2D eigenvalue weighted by Crippen LogP contribution is -2.53. The van der Waals surface area contributed by atoms with Crippen molar-refractivity contribution in [1.29, 1.82) is 0 Å². The highest BCUT2D eigenvalue weighted by Crippen LogP contribution is 2.17. The third kappa shape index (κ3) is 42.1. The average molecular weight is 848 g/mol. The van der Waals surface area contributed by atoms with E-state index >= 15 is 0 Å². The van der Waals surface area contributed by atoms with Gasteiger partial charge in [-0.15, -0.1) is 0 Å². The van der Waals surface area contributed by atoms with Gasteiger partial charge in [0.1, 0.15) is 12.2 Å². The van der Waals surface area contributed by atoms with E-state index in [4.69, 9.17) is 0 Å². The topological polar surface area (TPSA) is 110 Å². The Morgan fingerprint density at radius 1 is 0.400 bits per heavy atom. The fourth-order valence-electron chi connectivity index (χ4n) is 8.42. The van der Waals surface area contributed by atoms with Crippen molar-refractivity contribution in [3.05, 3.63) is 24.3 Å². The minimum atomic E-state index is -1.29. The minimum Gasteiger partial charge on any atom is -0.394 e. The molecule has 0 bridgehead atoms. The van der Waals surface area contributed by atoms with Gasteiger partial charge in [-0.1, -0.05) is 256 Å². The maximum Gasteiger partial charge on any atom is 0.249 e. The predicted molar refractivity (Wildman–Crippen MR) is 261 cm³/mol. The van der Waals surface area contributed by atoms with Crippen molar-refractivity contribution in [3.63, 3.8) is 0 Å². The molecule has 1 amide bonds. The summed E-state index contributed by atoms with van der Waals surface area (Å²) in [5, 5.41) is 43.8. The molecule has 0 aromatic heterocycles. The molecule has 0 radical (unpaired) electrons. The molecule has 0 saturated heterocycles. The molecule has 0 spiro atoms. The van der Waals surface area contributed by atoms with Crippen LogP contribution in [0.3, 0.4) is 0 Å². The van der Waals surface area contributed by atoms with Gasteiger partial charge < -0.3 is 25.7 Å². The monoisotopic (exact) mass is 848 g/mol. The molecule has 0 aliphatic heterocycles. The summed E-state index contributed by atoms with van der Waals surface area (Å²) in [5.41, 5.74) is 0. The Bertz CT molecular complexity index is 909. The van der Waals surface area contributed by atoms with Crippen LogP contribution < -0.4 is 5.32 Å². The zero-order valence-electron chi connectivity index (χ0n) is 40.2. The first-order chi connectivity index (χ1) is 29.5. The normalized spacial score (nSPS) is 14.0. The zero-order valence-corrected chi connectivity index (χ0v) is 40.2. The quantitative estimate of drug-likeness (QED) is 0.0309. The van der Waals surface area contributed by atoms with Crippen molar-refractivity contribution in [2.75, 3.05) is 6.61 Å². The second-order valence-corrected chi connectivity index (χ2v) is 18.6. The molecule has 0 rings (SSSR count). The van der Waals surface area contributed by atoms with Crippen LogP contribution in [-0.4, -0.2) is 57.3 Å². The van der Waals surface area contributed by atoms with Gasteiger partial charge in [-0.05, 0) is 51.4 Å². The standard InChI is InChI=1S/C54H105NO5/c1-3-5-7-9-11-13-15-17-18-19-20-21-22-23-24-25-26-27-28-29-30-31-32-33-34-36-37-39-41-43-45-47-51(57)53(59)50(49-56)55-54(60)52(58)48-46-44-42-40-38-35-16-14-12-10-8-6-4-2/h33-34,39,41,50-53,56-59H,3-32,35-38,40,42-49H2,1-2H3,(H,55,60)/b34-33+,41-39+. The number of nitrogens with one attached hydrogen (secondary N) is 1. The summed E-state index contributed by atoms with van der Waals surface area (Å²) in [5.74, 6) is -0.595. The Morgan fingerprint density at radius 3 is 1.05 bits per heavy atom. The fourth-order valence-corrected chi connectivity index (χ4v) is 8.42. The molecule has 6 heteroatoms. The number of rotatable bonds is 49. The Hall–Kier alpha value is -1.21.